The molecule has 0 spiro atoms. The summed E-state index contributed by atoms with van der Waals surface area (Å²) in [7, 11) is 0. The van der Waals surface area contributed by atoms with Gasteiger partial charge in [-0.15, -0.1) is 0 Å². The monoisotopic (exact) mass is 489 g/mol. The Bertz CT molecular complexity index is 1580. The van der Waals surface area contributed by atoms with Crippen LogP contribution in [0.2, 0.25) is 10.0 Å². The van der Waals surface area contributed by atoms with Gasteiger partial charge >= 0.3 is 5.97 Å². The zero-order valence-corrected chi connectivity index (χ0v) is 19.2. The lowest BCUT2D eigenvalue weighted by atomic mass is 10.1. The molecule has 5 aromatic rings. The second-order valence-electron chi connectivity index (χ2n) is 7.79. The summed E-state index contributed by atoms with van der Waals surface area (Å²) < 4.78 is 1.72. The van der Waals surface area contributed by atoms with Gasteiger partial charge in [-0.25, -0.2) is 9.97 Å². The molecule has 6 nitrogen and oxygen atoms in total. The number of hydrogen-bond acceptors (Lipinski definition) is 4. The lowest BCUT2D eigenvalue weighted by Gasteiger charge is -2.11. The molecule has 0 radical (unpaired) electrons. The molecule has 168 valence electrons. The van der Waals surface area contributed by atoms with E-state index in [0.717, 1.165) is 10.9 Å². The van der Waals surface area contributed by atoms with Crippen LogP contribution in [0.5, 0.6) is 0 Å². The van der Waals surface area contributed by atoms with Crippen LogP contribution >= 0.6 is 23.2 Å². The van der Waals surface area contributed by atoms with Crippen molar-refractivity contribution in [3.63, 3.8) is 0 Å². The van der Waals surface area contributed by atoms with Gasteiger partial charge in [-0.05, 0) is 30.3 Å². The summed E-state index contributed by atoms with van der Waals surface area (Å²) in [5.41, 5.74) is 3.33. The highest BCUT2D eigenvalue weighted by molar-refractivity contribution is 6.32. The number of aromatic nitrogens is 3. The van der Waals surface area contributed by atoms with E-state index >= 15 is 0 Å². The van der Waals surface area contributed by atoms with Crippen molar-refractivity contribution in [2.24, 2.45) is 0 Å². The smallest absolute Gasteiger partial charge is 0.303 e. The molecular formula is C26H17Cl2N3O3. The number of nitrogens with zero attached hydrogens (tertiary/aromatic N) is 3. The Hall–Kier alpha value is -3.74. The predicted molar refractivity (Wildman–Crippen MR) is 133 cm³/mol. The average Bonchev–Trinajstić information content (AvgIpc) is 3.21. The van der Waals surface area contributed by atoms with Crippen LogP contribution in [0.1, 0.15) is 23.2 Å². The van der Waals surface area contributed by atoms with Crippen molar-refractivity contribution in [3.05, 3.63) is 88.5 Å². The summed E-state index contributed by atoms with van der Waals surface area (Å²) in [6, 6.07) is 20.3. The quantitative estimate of drug-likeness (QED) is 0.271. The molecule has 5 rings (SSSR count). The first-order valence-electron chi connectivity index (χ1n) is 10.5. The Labute approximate surface area is 204 Å². The molecule has 2 heterocycles. The van der Waals surface area contributed by atoms with Gasteiger partial charge in [0.05, 0.1) is 23.1 Å². The minimum Gasteiger partial charge on any atom is -0.481 e. The molecule has 0 amide bonds. The van der Waals surface area contributed by atoms with Crippen LogP contribution in [0, 0.1) is 0 Å². The van der Waals surface area contributed by atoms with E-state index in [0.29, 0.717) is 43.7 Å². The maximum atomic E-state index is 12.9. The van der Waals surface area contributed by atoms with Gasteiger partial charge in [-0.2, -0.15) is 0 Å². The Morgan fingerprint density at radius 2 is 1.59 bits per heavy atom. The molecule has 0 atom stereocenters. The molecule has 0 saturated heterocycles. The Balaban J connectivity index is 1.75. The number of carbonyl (C=O) groups excluding carboxylic acids is 1. The van der Waals surface area contributed by atoms with Crippen molar-refractivity contribution in [2.45, 2.75) is 12.8 Å². The normalized spacial score (nSPS) is 11.2. The predicted octanol–water partition coefficient (Wildman–Crippen LogP) is 6.60. The van der Waals surface area contributed by atoms with Crippen LogP contribution < -0.4 is 0 Å². The molecule has 2 aromatic heterocycles. The standard InChI is InChI=1S/C26H17Cl2N3O3/c27-16-7-9-21-19(12-16)25(15-4-2-1-3-5-15)30-26(29-21)31-14-20(23(32)10-11-24(33)34)18-8-6-17(28)13-22(18)31/h1-9,12-14H,10-11H2,(H,33,34). The van der Waals surface area contributed by atoms with Crippen molar-refractivity contribution in [1.29, 1.82) is 0 Å². The zero-order valence-electron chi connectivity index (χ0n) is 17.7. The number of carbonyl (C=O) groups is 2. The topological polar surface area (TPSA) is 85.1 Å². The van der Waals surface area contributed by atoms with Crippen molar-refractivity contribution >= 4 is 56.8 Å². The highest BCUT2D eigenvalue weighted by Crippen LogP contribution is 2.32. The number of aliphatic carboxylic acids is 1. The van der Waals surface area contributed by atoms with Gasteiger partial charge in [0.1, 0.15) is 0 Å². The fraction of sp³-hybridized carbons (Fsp3) is 0.0769. The molecule has 0 aliphatic heterocycles. The number of rotatable bonds is 6. The molecule has 1 N–H and O–H groups in total. The second kappa shape index (κ2) is 8.89. The van der Waals surface area contributed by atoms with Gasteiger partial charge in [0.2, 0.25) is 5.95 Å². The molecule has 0 fully saturated rings. The minimum absolute atomic E-state index is 0.108. The van der Waals surface area contributed by atoms with Gasteiger partial charge in [-0.1, -0.05) is 59.6 Å². The maximum absolute atomic E-state index is 12.9. The van der Waals surface area contributed by atoms with Crippen molar-refractivity contribution in [1.82, 2.24) is 14.5 Å². The molecule has 0 aliphatic carbocycles. The molecule has 3 aromatic carbocycles. The number of hydrogen-bond donors (Lipinski definition) is 1. The molecule has 8 heteroatoms. The third kappa shape index (κ3) is 4.14. The number of halogens is 2. The van der Waals surface area contributed by atoms with E-state index in [1.807, 2.05) is 42.5 Å². The van der Waals surface area contributed by atoms with E-state index in [9.17, 15) is 9.59 Å². The molecular weight excluding hydrogens is 473 g/mol. The largest absolute Gasteiger partial charge is 0.481 e. The lowest BCUT2D eigenvalue weighted by Crippen LogP contribution is -2.04. The van der Waals surface area contributed by atoms with Gasteiger partial charge in [-0.3, -0.25) is 14.2 Å². The average molecular weight is 490 g/mol. The molecule has 34 heavy (non-hydrogen) atoms. The summed E-state index contributed by atoms with van der Waals surface area (Å²) in [6.07, 6.45) is 1.30. The summed E-state index contributed by atoms with van der Waals surface area (Å²) in [6.45, 7) is 0. The van der Waals surface area contributed by atoms with Crippen LogP contribution in [-0.4, -0.2) is 31.4 Å². The van der Waals surface area contributed by atoms with E-state index in [1.165, 1.54) is 0 Å². The van der Waals surface area contributed by atoms with Crippen molar-refractivity contribution in [2.75, 3.05) is 0 Å². The highest BCUT2D eigenvalue weighted by atomic mass is 35.5. The second-order valence-corrected chi connectivity index (χ2v) is 8.66. The third-order valence-corrected chi connectivity index (χ3v) is 6.01. The lowest BCUT2D eigenvalue weighted by molar-refractivity contribution is -0.136. The van der Waals surface area contributed by atoms with Crippen molar-refractivity contribution < 1.29 is 14.7 Å². The van der Waals surface area contributed by atoms with E-state index in [-0.39, 0.29) is 18.6 Å². The van der Waals surface area contributed by atoms with E-state index < -0.39 is 5.97 Å². The number of Topliss-reactive ketones (excluding diaryl/α,β-unsaturated/α-hetero) is 1. The first-order chi connectivity index (χ1) is 16.4. The van der Waals surface area contributed by atoms with Gasteiger partial charge in [0.25, 0.3) is 0 Å². The number of ketones is 1. The number of benzene rings is 3. The van der Waals surface area contributed by atoms with Crippen LogP contribution in [-0.2, 0) is 4.79 Å². The fourth-order valence-corrected chi connectivity index (χ4v) is 4.29. The van der Waals surface area contributed by atoms with Gasteiger partial charge < -0.3 is 5.11 Å². The Morgan fingerprint density at radius 3 is 2.35 bits per heavy atom. The number of carboxylic acids is 1. The Kier molecular flexibility index (Phi) is 5.77. The van der Waals surface area contributed by atoms with Crippen molar-refractivity contribution in [3.8, 4) is 17.2 Å². The summed E-state index contributed by atoms with van der Waals surface area (Å²) in [4.78, 5) is 33.5. The molecule has 0 saturated carbocycles. The fourth-order valence-electron chi connectivity index (χ4n) is 3.96. The zero-order chi connectivity index (χ0) is 23.8. The first-order valence-corrected chi connectivity index (χ1v) is 11.2. The van der Waals surface area contributed by atoms with Gasteiger partial charge in [0, 0.05) is 44.6 Å². The van der Waals surface area contributed by atoms with Crippen LogP contribution in [0.4, 0.5) is 0 Å². The van der Waals surface area contributed by atoms with Crippen LogP contribution in [0.15, 0.2) is 72.9 Å². The van der Waals surface area contributed by atoms with Crippen LogP contribution in [0.3, 0.4) is 0 Å². The van der Waals surface area contributed by atoms with E-state index in [2.05, 4.69) is 0 Å². The molecule has 0 bridgehead atoms. The summed E-state index contributed by atoms with van der Waals surface area (Å²) in [5, 5.41) is 11.5. The molecule has 0 unspecified atom stereocenters. The third-order valence-electron chi connectivity index (χ3n) is 5.54. The summed E-state index contributed by atoms with van der Waals surface area (Å²) in [5.74, 6) is -0.938. The number of carboxylic acid groups (broad SMARTS) is 1. The van der Waals surface area contributed by atoms with E-state index in [1.54, 1.807) is 35.0 Å². The number of fused-ring (bicyclic) bond motifs is 2. The van der Waals surface area contributed by atoms with Gasteiger partial charge in [0.15, 0.2) is 5.78 Å². The minimum atomic E-state index is -1.02. The maximum Gasteiger partial charge on any atom is 0.303 e. The molecule has 0 aliphatic rings. The Morgan fingerprint density at radius 1 is 0.853 bits per heavy atom. The SMILES string of the molecule is O=C(O)CCC(=O)c1cn(-c2nc(-c3ccccc3)c3cc(Cl)ccc3n2)c2cc(Cl)ccc12. The summed E-state index contributed by atoms with van der Waals surface area (Å²) >= 11 is 12.5. The first kappa shape index (κ1) is 22.1. The van der Waals surface area contributed by atoms with E-state index in [4.69, 9.17) is 38.3 Å². The van der Waals surface area contributed by atoms with Crippen LogP contribution in [0.25, 0.3) is 39.0 Å². The highest BCUT2D eigenvalue weighted by Gasteiger charge is 2.20.